The van der Waals surface area contributed by atoms with Gasteiger partial charge in [0, 0.05) is 18.2 Å². The largest absolute Gasteiger partial charge is 0.345 e. The lowest BCUT2D eigenvalue weighted by molar-refractivity contribution is -0.117. The zero-order chi connectivity index (χ0) is 22.8. The first-order valence-corrected chi connectivity index (χ1v) is 11.4. The SMILES string of the molecule is O=C(NCc1cccc(NC(=O)C2CC2)c1)c1nc(-c2cccs2)n(-c2cccc(F)c2)n1. The van der Waals surface area contributed by atoms with Gasteiger partial charge < -0.3 is 10.6 Å². The standard InChI is InChI=1S/C24H20FN5O2S/c25-17-5-2-7-19(13-17)30-22(20-8-3-11-33-20)28-21(29-30)24(32)26-14-15-4-1-6-18(12-15)27-23(31)16-9-10-16/h1-8,11-13,16H,9-10,14H2,(H,26,32)(H,27,31). The van der Waals surface area contributed by atoms with Crippen LogP contribution in [0.5, 0.6) is 0 Å². The van der Waals surface area contributed by atoms with Crippen LogP contribution in [0, 0.1) is 11.7 Å². The summed E-state index contributed by atoms with van der Waals surface area (Å²) in [5.41, 5.74) is 2.01. The van der Waals surface area contributed by atoms with Gasteiger partial charge in [-0.25, -0.2) is 14.1 Å². The number of nitrogens with zero attached hydrogens (tertiary/aromatic N) is 3. The fourth-order valence-corrected chi connectivity index (χ4v) is 4.07. The number of halogens is 1. The first-order valence-electron chi connectivity index (χ1n) is 10.5. The van der Waals surface area contributed by atoms with Gasteiger partial charge in [0.25, 0.3) is 5.91 Å². The number of hydrogen-bond acceptors (Lipinski definition) is 5. The quantitative estimate of drug-likeness (QED) is 0.427. The van der Waals surface area contributed by atoms with E-state index in [1.807, 2.05) is 41.8 Å². The van der Waals surface area contributed by atoms with Crippen molar-refractivity contribution in [2.45, 2.75) is 19.4 Å². The highest BCUT2D eigenvalue weighted by Gasteiger charge is 2.29. The summed E-state index contributed by atoms with van der Waals surface area (Å²) in [4.78, 5) is 30.0. The van der Waals surface area contributed by atoms with Crippen LogP contribution in [0.15, 0.2) is 66.0 Å². The minimum atomic E-state index is -0.449. The van der Waals surface area contributed by atoms with Crippen LogP contribution in [0.3, 0.4) is 0 Å². The van der Waals surface area contributed by atoms with E-state index in [2.05, 4.69) is 20.7 Å². The minimum absolute atomic E-state index is 0.0131. The number of benzene rings is 2. The molecule has 9 heteroatoms. The maximum Gasteiger partial charge on any atom is 0.291 e. The van der Waals surface area contributed by atoms with Crippen molar-refractivity contribution in [2.75, 3.05) is 5.32 Å². The molecule has 2 N–H and O–H groups in total. The minimum Gasteiger partial charge on any atom is -0.345 e. The predicted octanol–water partition coefficient (Wildman–Crippen LogP) is 4.41. The number of thiophene rings is 1. The first-order chi connectivity index (χ1) is 16.1. The number of anilines is 1. The third-order valence-electron chi connectivity index (χ3n) is 5.20. The van der Waals surface area contributed by atoms with Gasteiger partial charge in [0.2, 0.25) is 11.7 Å². The van der Waals surface area contributed by atoms with Crippen molar-refractivity contribution >= 4 is 28.8 Å². The summed E-state index contributed by atoms with van der Waals surface area (Å²) in [6.07, 6.45) is 1.87. The van der Waals surface area contributed by atoms with Crippen LogP contribution in [-0.2, 0) is 11.3 Å². The summed E-state index contributed by atoms with van der Waals surface area (Å²) in [5.74, 6) is -0.254. The van der Waals surface area contributed by atoms with Crippen LogP contribution in [0.4, 0.5) is 10.1 Å². The van der Waals surface area contributed by atoms with Crippen molar-refractivity contribution in [3.8, 4) is 16.4 Å². The highest BCUT2D eigenvalue weighted by atomic mass is 32.1. The lowest BCUT2D eigenvalue weighted by Gasteiger charge is -2.07. The van der Waals surface area contributed by atoms with Gasteiger partial charge in [-0.2, -0.15) is 0 Å². The Hall–Kier alpha value is -3.85. The number of rotatable bonds is 7. The Balaban J connectivity index is 1.34. The molecule has 5 rings (SSSR count). The van der Waals surface area contributed by atoms with Gasteiger partial charge in [0.1, 0.15) is 5.82 Å². The Morgan fingerprint density at radius 3 is 2.70 bits per heavy atom. The molecule has 0 atom stereocenters. The topological polar surface area (TPSA) is 88.9 Å². The van der Waals surface area contributed by atoms with Crippen molar-refractivity contribution in [1.29, 1.82) is 0 Å². The third-order valence-corrected chi connectivity index (χ3v) is 6.07. The Morgan fingerprint density at radius 1 is 1.09 bits per heavy atom. The molecule has 1 fully saturated rings. The van der Waals surface area contributed by atoms with Crippen molar-refractivity contribution < 1.29 is 14.0 Å². The number of carbonyl (C=O) groups excluding carboxylic acids is 2. The van der Waals surface area contributed by atoms with Crippen LogP contribution in [0.25, 0.3) is 16.4 Å². The number of aromatic nitrogens is 3. The van der Waals surface area contributed by atoms with Crippen molar-refractivity contribution in [1.82, 2.24) is 20.1 Å². The average Bonchev–Trinajstić information content (AvgIpc) is 3.34. The molecule has 2 aromatic carbocycles. The van der Waals surface area contributed by atoms with Crippen LogP contribution in [0.2, 0.25) is 0 Å². The fraction of sp³-hybridized carbons (Fsp3) is 0.167. The molecule has 2 aromatic heterocycles. The molecule has 1 aliphatic carbocycles. The second kappa shape index (κ2) is 8.95. The number of nitrogens with one attached hydrogen (secondary N) is 2. The smallest absolute Gasteiger partial charge is 0.291 e. The normalized spacial score (nSPS) is 13.0. The predicted molar refractivity (Wildman–Crippen MR) is 124 cm³/mol. The summed E-state index contributed by atoms with van der Waals surface area (Å²) >= 11 is 1.45. The molecular weight excluding hydrogens is 441 g/mol. The van der Waals surface area contributed by atoms with E-state index in [9.17, 15) is 14.0 Å². The fourth-order valence-electron chi connectivity index (χ4n) is 3.37. The maximum atomic E-state index is 13.8. The van der Waals surface area contributed by atoms with Gasteiger partial charge in [-0.15, -0.1) is 16.4 Å². The molecule has 1 aliphatic rings. The molecular formula is C24H20FN5O2S. The van der Waals surface area contributed by atoms with E-state index in [0.717, 1.165) is 23.3 Å². The molecule has 2 heterocycles. The second-order valence-corrected chi connectivity index (χ2v) is 8.72. The van der Waals surface area contributed by atoms with Gasteiger partial charge >= 0.3 is 0 Å². The van der Waals surface area contributed by atoms with Crippen molar-refractivity contribution in [2.24, 2.45) is 5.92 Å². The Kier molecular flexibility index (Phi) is 5.70. The molecule has 33 heavy (non-hydrogen) atoms. The van der Waals surface area contributed by atoms with E-state index in [1.165, 1.54) is 28.2 Å². The summed E-state index contributed by atoms with van der Waals surface area (Å²) in [5, 5.41) is 12.0. The van der Waals surface area contributed by atoms with E-state index in [1.54, 1.807) is 12.1 Å². The number of hydrogen-bond donors (Lipinski definition) is 2. The summed E-state index contributed by atoms with van der Waals surface area (Å²) in [7, 11) is 0. The van der Waals surface area contributed by atoms with Gasteiger partial charge in [-0.1, -0.05) is 24.3 Å². The Labute approximate surface area is 193 Å². The van der Waals surface area contributed by atoms with Crippen LogP contribution in [-0.4, -0.2) is 26.6 Å². The monoisotopic (exact) mass is 461 g/mol. The molecule has 4 aromatic rings. The summed E-state index contributed by atoms with van der Waals surface area (Å²) in [6.45, 7) is 0.245. The van der Waals surface area contributed by atoms with Gasteiger partial charge in [-0.3, -0.25) is 9.59 Å². The molecule has 0 spiro atoms. The summed E-state index contributed by atoms with van der Waals surface area (Å²) < 4.78 is 15.3. The van der Waals surface area contributed by atoms with Crippen LogP contribution in [0.1, 0.15) is 29.0 Å². The first kappa shape index (κ1) is 21.0. The van der Waals surface area contributed by atoms with Gasteiger partial charge in [-0.05, 0) is 60.2 Å². The molecule has 0 bridgehead atoms. The maximum absolute atomic E-state index is 13.8. The Bertz CT molecular complexity index is 1310. The number of carbonyl (C=O) groups is 2. The lowest BCUT2D eigenvalue weighted by atomic mass is 10.2. The van der Waals surface area contributed by atoms with Crippen LogP contribution >= 0.6 is 11.3 Å². The van der Waals surface area contributed by atoms with E-state index in [0.29, 0.717) is 17.2 Å². The van der Waals surface area contributed by atoms with E-state index in [4.69, 9.17) is 0 Å². The van der Waals surface area contributed by atoms with Gasteiger partial charge in [0.05, 0.1) is 10.6 Å². The molecule has 7 nitrogen and oxygen atoms in total. The molecule has 166 valence electrons. The third kappa shape index (κ3) is 4.83. The lowest BCUT2D eigenvalue weighted by Crippen LogP contribution is -2.24. The van der Waals surface area contributed by atoms with E-state index >= 15 is 0 Å². The molecule has 0 unspecified atom stereocenters. The Morgan fingerprint density at radius 2 is 1.94 bits per heavy atom. The zero-order valence-electron chi connectivity index (χ0n) is 17.5. The molecule has 0 radical (unpaired) electrons. The average molecular weight is 462 g/mol. The highest BCUT2D eigenvalue weighted by Crippen LogP contribution is 2.30. The van der Waals surface area contributed by atoms with Crippen LogP contribution < -0.4 is 10.6 Å². The molecule has 1 saturated carbocycles. The van der Waals surface area contributed by atoms with Crippen molar-refractivity contribution in [3.05, 3.63) is 83.2 Å². The molecule has 2 amide bonds. The van der Waals surface area contributed by atoms with E-state index < -0.39 is 11.7 Å². The van der Waals surface area contributed by atoms with Crippen molar-refractivity contribution in [3.63, 3.8) is 0 Å². The summed E-state index contributed by atoms with van der Waals surface area (Å²) in [6, 6.07) is 17.1. The highest BCUT2D eigenvalue weighted by molar-refractivity contribution is 7.13. The molecule has 0 saturated heterocycles. The molecule has 0 aliphatic heterocycles. The van der Waals surface area contributed by atoms with E-state index in [-0.39, 0.29) is 24.2 Å². The zero-order valence-corrected chi connectivity index (χ0v) is 18.3. The van der Waals surface area contributed by atoms with Gasteiger partial charge in [0.15, 0.2) is 5.82 Å². The second-order valence-electron chi connectivity index (χ2n) is 7.77. The number of amides is 2.